The summed E-state index contributed by atoms with van der Waals surface area (Å²) in [5.41, 5.74) is 8.67. The lowest BCUT2D eigenvalue weighted by atomic mass is 10.3. The Balaban J connectivity index is 1.43. The molecule has 3 aromatic heterocycles. The number of nitrogens with one attached hydrogen (secondary N) is 1. The first-order valence-corrected chi connectivity index (χ1v) is 8.36. The van der Waals surface area contributed by atoms with E-state index in [1.807, 2.05) is 12.3 Å². The lowest BCUT2D eigenvalue weighted by Gasteiger charge is -2.34. The van der Waals surface area contributed by atoms with Gasteiger partial charge in [-0.3, -0.25) is 14.7 Å². The molecule has 0 amide bonds. The van der Waals surface area contributed by atoms with Crippen LogP contribution in [0.2, 0.25) is 0 Å². The van der Waals surface area contributed by atoms with Crippen molar-refractivity contribution in [2.24, 2.45) is 0 Å². The Labute approximate surface area is 144 Å². The van der Waals surface area contributed by atoms with Gasteiger partial charge in [-0.15, -0.1) is 0 Å². The zero-order chi connectivity index (χ0) is 17.4. The Morgan fingerprint density at radius 3 is 2.76 bits per heavy atom. The highest BCUT2D eigenvalue weighted by atomic mass is 16.1. The number of nitrogens with two attached hydrogens (primary N) is 1. The smallest absolute Gasteiger partial charge is 0.254 e. The number of nitrogen functional groups attached to an aromatic ring is 1. The Morgan fingerprint density at radius 2 is 2.04 bits per heavy atom. The van der Waals surface area contributed by atoms with Gasteiger partial charge in [-0.25, -0.2) is 4.98 Å². The summed E-state index contributed by atoms with van der Waals surface area (Å²) in [5, 5.41) is 0. The number of aromatic nitrogens is 4. The average molecular weight is 339 g/mol. The van der Waals surface area contributed by atoms with E-state index in [1.165, 1.54) is 11.6 Å². The van der Waals surface area contributed by atoms with E-state index in [0.29, 0.717) is 5.82 Å². The number of piperazine rings is 1. The minimum atomic E-state index is -0.218. The molecule has 3 N–H and O–H groups in total. The van der Waals surface area contributed by atoms with Gasteiger partial charge >= 0.3 is 0 Å². The molecule has 1 fully saturated rings. The summed E-state index contributed by atoms with van der Waals surface area (Å²) in [4.78, 5) is 27.4. The molecule has 0 aromatic carbocycles. The van der Waals surface area contributed by atoms with Crippen molar-refractivity contribution < 1.29 is 0 Å². The maximum absolute atomic E-state index is 11.5. The fraction of sp³-hybridized carbons (Fsp3) is 0.353. The fourth-order valence-corrected chi connectivity index (χ4v) is 3.27. The van der Waals surface area contributed by atoms with E-state index in [9.17, 15) is 4.79 Å². The third-order valence-electron chi connectivity index (χ3n) is 4.56. The highest BCUT2D eigenvalue weighted by Crippen LogP contribution is 2.15. The number of hydrogen-bond donors (Lipinski definition) is 2. The van der Waals surface area contributed by atoms with E-state index >= 15 is 0 Å². The molecule has 1 aliphatic rings. The number of nitrogens with zero attached hydrogens (tertiary/aromatic N) is 5. The van der Waals surface area contributed by atoms with Crippen LogP contribution in [-0.4, -0.2) is 50.4 Å². The van der Waals surface area contributed by atoms with E-state index in [4.69, 9.17) is 10.7 Å². The molecule has 0 radical (unpaired) electrons. The molecule has 1 aliphatic heterocycles. The van der Waals surface area contributed by atoms with Gasteiger partial charge in [0.2, 0.25) is 5.95 Å². The highest BCUT2D eigenvalue weighted by Gasteiger charge is 2.19. The number of pyridine rings is 1. The summed E-state index contributed by atoms with van der Waals surface area (Å²) in [6, 6.07) is 5.61. The maximum atomic E-state index is 11.5. The normalized spacial score (nSPS) is 15.8. The zero-order valence-corrected chi connectivity index (χ0v) is 14.1. The molecular weight excluding hydrogens is 318 g/mol. The molecular formula is C17H21N7O. The molecule has 0 unspecified atom stereocenters. The first-order valence-electron chi connectivity index (χ1n) is 8.36. The van der Waals surface area contributed by atoms with Gasteiger partial charge in [0.05, 0.1) is 5.69 Å². The molecule has 8 heteroatoms. The van der Waals surface area contributed by atoms with Crippen LogP contribution in [0.3, 0.4) is 0 Å². The number of hydrogen-bond acceptors (Lipinski definition) is 6. The standard InChI is InChI=1S/C17H21N7O/c1-12-3-2-4-24-11-13(19-16(12)24)10-22-5-7-23(8-6-22)14-9-15(25)21-17(18)20-14/h2-4,9,11H,5-8,10H2,1H3,(H3,18,20,21,25). The fourth-order valence-electron chi connectivity index (χ4n) is 3.27. The summed E-state index contributed by atoms with van der Waals surface area (Å²) in [6.07, 6.45) is 4.12. The number of aryl methyl sites for hydroxylation is 1. The number of rotatable bonds is 3. The van der Waals surface area contributed by atoms with Crippen molar-refractivity contribution in [1.82, 2.24) is 24.3 Å². The number of H-pyrrole nitrogens is 1. The van der Waals surface area contributed by atoms with Crippen LogP contribution in [0.4, 0.5) is 11.8 Å². The minimum absolute atomic E-state index is 0.157. The Bertz CT molecular complexity index is 953. The van der Waals surface area contributed by atoms with Crippen LogP contribution in [0, 0.1) is 6.92 Å². The number of aromatic amines is 1. The summed E-state index contributed by atoms with van der Waals surface area (Å²) >= 11 is 0. The number of imidazole rings is 1. The molecule has 25 heavy (non-hydrogen) atoms. The Morgan fingerprint density at radius 1 is 1.24 bits per heavy atom. The third kappa shape index (κ3) is 3.20. The van der Waals surface area contributed by atoms with Crippen molar-refractivity contribution in [3.05, 3.63) is 52.2 Å². The van der Waals surface area contributed by atoms with Crippen LogP contribution >= 0.6 is 0 Å². The van der Waals surface area contributed by atoms with Gasteiger partial charge in [-0.1, -0.05) is 6.07 Å². The van der Waals surface area contributed by atoms with Crippen molar-refractivity contribution in [2.75, 3.05) is 36.8 Å². The second kappa shape index (κ2) is 6.21. The zero-order valence-electron chi connectivity index (χ0n) is 14.1. The molecule has 0 aliphatic carbocycles. The molecule has 0 spiro atoms. The van der Waals surface area contributed by atoms with E-state index in [2.05, 4.69) is 43.4 Å². The molecule has 0 bridgehead atoms. The van der Waals surface area contributed by atoms with Crippen LogP contribution in [0.1, 0.15) is 11.3 Å². The number of fused-ring (bicyclic) bond motifs is 1. The molecule has 4 heterocycles. The van der Waals surface area contributed by atoms with Crippen molar-refractivity contribution in [2.45, 2.75) is 13.5 Å². The van der Waals surface area contributed by atoms with Gasteiger partial charge in [0.15, 0.2) is 0 Å². The van der Waals surface area contributed by atoms with Crippen LogP contribution in [0.5, 0.6) is 0 Å². The van der Waals surface area contributed by atoms with Crippen LogP contribution in [0.25, 0.3) is 5.65 Å². The maximum Gasteiger partial charge on any atom is 0.254 e. The Kier molecular flexibility index (Phi) is 3.89. The van der Waals surface area contributed by atoms with E-state index in [-0.39, 0.29) is 11.5 Å². The van der Waals surface area contributed by atoms with E-state index in [0.717, 1.165) is 44.1 Å². The van der Waals surface area contributed by atoms with E-state index in [1.54, 1.807) is 0 Å². The minimum Gasteiger partial charge on any atom is -0.369 e. The predicted octanol–water partition coefficient (Wildman–Crippen LogP) is 0.630. The topological polar surface area (TPSA) is 95.5 Å². The third-order valence-corrected chi connectivity index (χ3v) is 4.56. The van der Waals surface area contributed by atoms with Gasteiger partial charge < -0.3 is 15.0 Å². The predicted molar refractivity (Wildman–Crippen MR) is 96.7 cm³/mol. The van der Waals surface area contributed by atoms with Crippen molar-refractivity contribution in [3.63, 3.8) is 0 Å². The van der Waals surface area contributed by atoms with Gasteiger partial charge in [-0.2, -0.15) is 4.98 Å². The average Bonchev–Trinajstić information content (AvgIpc) is 2.98. The van der Waals surface area contributed by atoms with Gasteiger partial charge in [0, 0.05) is 51.2 Å². The van der Waals surface area contributed by atoms with Crippen LogP contribution in [0.15, 0.2) is 35.4 Å². The molecule has 0 saturated carbocycles. The SMILES string of the molecule is Cc1cccn2cc(CN3CCN(c4cc(=O)[nH]c(N)n4)CC3)nc12. The van der Waals surface area contributed by atoms with Gasteiger partial charge in [-0.05, 0) is 18.6 Å². The molecule has 4 rings (SSSR count). The molecule has 130 valence electrons. The lowest BCUT2D eigenvalue weighted by Crippen LogP contribution is -2.46. The van der Waals surface area contributed by atoms with E-state index < -0.39 is 0 Å². The molecule has 8 nitrogen and oxygen atoms in total. The van der Waals surface area contributed by atoms with Crippen LogP contribution < -0.4 is 16.2 Å². The highest BCUT2D eigenvalue weighted by molar-refractivity contribution is 5.48. The summed E-state index contributed by atoms with van der Waals surface area (Å²) in [5.74, 6) is 0.800. The van der Waals surface area contributed by atoms with Crippen molar-refractivity contribution in [1.29, 1.82) is 0 Å². The molecule has 3 aromatic rings. The number of anilines is 2. The van der Waals surface area contributed by atoms with Crippen molar-refractivity contribution >= 4 is 17.4 Å². The summed E-state index contributed by atoms with van der Waals surface area (Å²) in [6.45, 7) is 6.29. The first-order chi connectivity index (χ1) is 12.1. The van der Waals surface area contributed by atoms with Crippen molar-refractivity contribution in [3.8, 4) is 0 Å². The summed E-state index contributed by atoms with van der Waals surface area (Å²) < 4.78 is 2.07. The largest absolute Gasteiger partial charge is 0.369 e. The first kappa shape index (κ1) is 15.6. The quantitative estimate of drug-likeness (QED) is 0.727. The Hall–Kier alpha value is -2.87. The lowest BCUT2D eigenvalue weighted by molar-refractivity contribution is 0.247. The van der Waals surface area contributed by atoms with Crippen LogP contribution in [-0.2, 0) is 6.54 Å². The summed E-state index contributed by atoms with van der Waals surface area (Å²) in [7, 11) is 0. The molecule has 0 atom stereocenters. The monoisotopic (exact) mass is 339 g/mol. The molecule has 1 saturated heterocycles. The van der Waals surface area contributed by atoms with Gasteiger partial charge in [0.25, 0.3) is 5.56 Å². The van der Waals surface area contributed by atoms with Gasteiger partial charge in [0.1, 0.15) is 11.5 Å². The second-order valence-electron chi connectivity index (χ2n) is 6.41. The second-order valence-corrected chi connectivity index (χ2v) is 6.41.